The zero-order valence-corrected chi connectivity index (χ0v) is 14.4. The molecule has 2 aromatic heterocycles. The molecule has 0 aliphatic carbocycles. The summed E-state index contributed by atoms with van der Waals surface area (Å²) in [6.07, 6.45) is 5.86. The Bertz CT molecular complexity index is 795. The molecule has 1 amide bonds. The van der Waals surface area contributed by atoms with Crippen molar-refractivity contribution in [3.8, 4) is 0 Å². The molecule has 1 aliphatic rings. The molecule has 0 unspecified atom stereocenters. The number of aryl methyl sites for hydroxylation is 2. The van der Waals surface area contributed by atoms with Gasteiger partial charge in [-0.2, -0.15) is 5.10 Å². The second-order valence-corrected chi connectivity index (χ2v) is 8.15. The van der Waals surface area contributed by atoms with Crippen molar-refractivity contribution in [2.75, 3.05) is 18.1 Å². The SMILES string of the molecule is CCn1cc([C@H]2CS(=O)(=O)CCN2C(=O)CCc2ccco2)cn1. The molecular weight excluding hydrogens is 330 g/mol. The Labute approximate surface area is 141 Å². The number of hydrogen-bond acceptors (Lipinski definition) is 5. The summed E-state index contributed by atoms with van der Waals surface area (Å²) in [5, 5.41) is 4.21. The zero-order valence-electron chi connectivity index (χ0n) is 13.6. The van der Waals surface area contributed by atoms with E-state index in [2.05, 4.69) is 5.10 Å². The van der Waals surface area contributed by atoms with Gasteiger partial charge in [-0.25, -0.2) is 8.42 Å². The maximum absolute atomic E-state index is 12.6. The van der Waals surface area contributed by atoms with E-state index in [9.17, 15) is 13.2 Å². The van der Waals surface area contributed by atoms with Crippen LogP contribution < -0.4 is 0 Å². The molecule has 130 valence electrons. The van der Waals surface area contributed by atoms with Crippen LogP contribution in [0.5, 0.6) is 0 Å². The average Bonchev–Trinajstić information content (AvgIpc) is 3.23. The van der Waals surface area contributed by atoms with Gasteiger partial charge in [0, 0.05) is 37.7 Å². The van der Waals surface area contributed by atoms with Crippen molar-refractivity contribution in [3.05, 3.63) is 42.1 Å². The Hall–Kier alpha value is -2.09. The minimum Gasteiger partial charge on any atom is -0.469 e. The van der Waals surface area contributed by atoms with Crippen molar-refractivity contribution in [1.29, 1.82) is 0 Å². The molecule has 1 atom stereocenters. The van der Waals surface area contributed by atoms with E-state index in [1.165, 1.54) is 0 Å². The third kappa shape index (κ3) is 3.69. The van der Waals surface area contributed by atoms with Crippen LogP contribution in [0.1, 0.15) is 30.7 Å². The molecule has 0 radical (unpaired) electrons. The zero-order chi connectivity index (χ0) is 17.2. The summed E-state index contributed by atoms with van der Waals surface area (Å²) < 4.78 is 31.1. The molecule has 0 aromatic carbocycles. The van der Waals surface area contributed by atoms with Gasteiger partial charge in [-0.15, -0.1) is 0 Å². The first-order chi connectivity index (χ1) is 11.5. The quantitative estimate of drug-likeness (QED) is 0.813. The van der Waals surface area contributed by atoms with E-state index < -0.39 is 15.9 Å². The van der Waals surface area contributed by atoms with Crippen LogP contribution in [0.3, 0.4) is 0 Å². The largest absolute Gasteiger partial charge is 0.469 e. The van der Waals surface area contributed by atoms with Crippen molar-refractivity contribution in [3.63, 3.8) is 0 Å². The Kier molecular flexibility index (Phi) is 4.75. The van der Waals surface area contributed by atoms with E-state index in [1.807, 2.05) is 19.2 Å². The maximum atomic E-state index is 12.6. The molecule has 0 saturated carbocycles. The van der Waals surface area contributed by atoms with Crippen molar-refractivity contribution < 1.29 is 17.6 Å². The molecule has 1 saturated heterocycles. The second-order valence-electron chi connectivity index (χ2n) is 5.93. The monoisotopic (exact) mass is 351 g/mol. The van der Waals surface area contributed by atoms with Crippen molar-refractivity contribution in [2.45, 2.75) is 32.4 Å². The first-order valence-electron chi connectivity index (χ1n) is 8.03. The van der Waals surface area contributed by atoms with Gasteiger partial charge in [0.15, 0.2) is 9.84 Å². The summed E-state index contributed by atoms with van der Waals surface area (Å²) >= 11 is 0. The van der Waals surface area contributed by atoms with Gasteiger partial charge in [-0.1, -0.05) is 0 Å². The maximum Gasteiger partial charge on any atom is 0.223 e. The fourth-order valence-corrected chi connectivity index (χ4v) is 4.43. The van der Waals surface area contributed by atoms with Crippen molar-refractivity contribution in [1.82, 2.24) is 14.7 Å². The highest BCUT2D eigenvalue weighted by Gasteiger charge is 2.35. The van der Waals surface area contributed by atoms with Crippen LogP contribution in [0.2, 0.25) is 0 Å². The number of hydrogen-bond donors (Lipinski definition) is 0. The molecule has 1 fully saturated rings. The first kappa shape index (κ1) is 16.8. The van der Waals surface area contributed by atoms with Crippen LogP contribution in [0.4, 0.5) is 0 Å². The van der Waals surface area contributed by atoms with E-state index in [-0.39, 0.29) is 24.0 Å². The second kappa shape index (κ2) is 6.80. The van der Waals surface area contributed by atoms with E-state index in [1.54, 1.807) is 28.1 Å². The summed E-state index contributed by atoms with van der Waals surface area (Å²) in [6, 6.07) is 3.15. The fourth-order valence-electron chi connectivity index (χ4n) is 2.93. The van der Waals surface area contributed by atoms with Gasteiger partial charge in [-0.3, -0.25) is 9.48 Å². The molecule has 3 rings (SSSR count). The molecule has 3 heterocycles. The van der Waals surface area contributed by atoms with Gasteiger partial charge < -0.3 is 9.32 Å². The summed E-state index contributed by atoms with van der Waals surface area (Å²) in [4.78, 5) is 14.3. The number of furan rings is 1. The lowest BCUT2D eigenvalue weighted by Crippen LogP contribution is -2.46. The average molecular weight is 351 g/mol. The normalized spacial score (nSPS) is 20.2. The number of rotatable bonds is 5. The van der Waals surface area contributed by atoms with Crippen molar-refractivity contribution >= 4 is 15.7 Å². The molecule has 7 nitrogen and oxygen atoms in total. The number of sulfone groups is 1. The van der Waals surface area contributed by atoms with Crippen LogP contribution in [-0.4, -0.2) is 47.1 Å². The number of aromatic nitrogens is 2. The molecule has 24 heavy (non-hydrogen) atoms. The van der Waals surface area contributed by atoms with E-state index >= 15 is 0 Å². The first-order valence-corrected chi connectivity index (χ1v) is 9.85. The van der Waals surface area contributed by atoms with E-state index in [0.717, 1.165) is 11.3 Å². The van der Waals surface area contributed by atoms with Crippen LogP contribution in [-0.2, 0) is 27.6 Å². The Morgan fingerprint density at radius 3 is 2.96 bits per heavy atom. The van der Waals surface area contributed by atoms with Gasteiger partial charge in [0.1, 0.15) is 5.76 Å². The molecule has 0 spiro atoms. The lowest BCUT2D eigenvalue weighted by molar-refractivity contribution is -0.133. The van der Waals surface area contributed by atoms with Gasteiger partial charge in [0.25, 0.3) is 0 Å². The lowest BCUT2D eigenvalue weighted by atomic mass is 10.1. The Morgan fingerprint density at radius 1 is 1.46 bits per heavy atom. The van der Waals surface area contributed by atoms with Crippen LogP contribution in [0, 0.1) is 0 Å². The van der Waals surface area contributed by atoms with Crippen molar-refractivity contribution in [2.24, 2.45) is 0 Å². The van der Waals surface area contributed by atoms with Gasteiger partial charge >= 0.3 is 0 Å². The molecule has 1 aliphatic heterocycles. The molecule has 0 N–H and O–H groups in total. The lowest BCUT2D eigenvalue weighted by Gasteiger charge is -2.35. The smallest absolute Gasteiger partial charge is 0.223 e. The molecule has 8 heteroatoms. The molecular formula is C16H21N3O4S. The van der Waals surface area contributed by atoms with Gasteiger partial charge in [0.2, 0.25) is 5.91 Å². The fraction of sp³-hybridized carbons (Fsp3) is 0.500. The highest BCUT2D eigenvalue weighted by Crippen LogP contribution is 2.27. The Morgan fingerprint density at radius 2 is 2.29 bits per heavy atom. The number of amides is 1. The minimum atomic E-state index is -3.15. The predicted octanol–water partition coefficient (Wildman–Crippen LogP) is 1.43. The molecule has 2 aromatic rings. The summed E-state index contributed by atoms with van der Waals surface area (Å²) in [7, 11) is -3.15. The third-order valence-electron chi connectivity index (χ3n) is 4.28. The highest BCUT2D eigenvalue weighted by atomic mass is 32.2. The number of nitrogens with zero attached hydrogens (tertiary/aromatic N) is 3. The van der Waals surface area contributed by atoms with Crippen LogP contribution in [0.25, 0.3) is 0 Å². The van der Waals surface area contributed by atoms with Crippen LogP contribution in [0.15, 0.2) is 35.2 Å². The molecule has 0 bridgehead atoms. The topological polar surface area (TPSA) is 85.4 Å². The van der Waals surface area contributed by atoms with Crippen LogP contribution >= 0.6 is 0 Å². The summed E-state index contributed by atoms with van der Waals surface area (Å²) in [5.41, 5.74) is 0.770. The standard InChI is InChI=1S/C16H21N3O4S/c1-2-18-11-13(10-17-18)15-12-24(21,22)9-7-19(15)16(20)6-5-14-4-3-8-23-14/h3-4,8,10-11,15H,2,5-7,9,12H2,1H3/t15-/m1/s1. The van der Waals surface area contributed by atoms with Gasteiger partial charge in [0.05, 0.1) is 30.0 Å². The number of carbonyl (C=O) groups excluding carboxylic acids is 1. The van der Waals surface area contributed by atoms with Gasteiger partial charge in [-0.05, 0) is 19.1 Å². The summed E-state index contributed by atoms with van der Waals surface area (Å²) in [5.74, 6) is 0.658. The third-order valence-corrected chi connectivity index (χ3v) is 5.91. The predicted molar refractivity (Wildman–Crippen MR) is 88.0 cm³/mol. The Balaban J connectivity index is 1.76. The summed E-state index contributed by atoms with van der Waals surface area (Å²) in [6.45, 7) is 2.88. The number of carbonyl (C=O) groups is 1. The highest BCUT2D eigenvalue weighted by molar-refractivity contribution is 7.91. The van der Waals surface area contributed by atoms with E-state index in [4.69, 9.17) is 4.42 Å². The minimum absolute atomic E-state index is 0.0118. The van der Waals surface area contributed by atoms with E-state index in [0.29, 0.717) is 19.4 Å².